The van der Waals surface area contributed by atoms with E-state index in [2.05, 4.69) is 42.3 Å². The Morgan fingerprint density at radius 3 is 2.43 bits per heavy atom. The molecule has 0 spiro atoms. The summed E-state index contributed by atoms with van der Waals surface area (Å²) in [7, 11) is 0. The van der Waals surface area contributed by atoms with Crippen LogP contribution in [-0.4, -0.2) is 49.4 Å². The third-order valence-corrected chi connectivity index (χ3v) is 5.62. The molecule has 148 valence electrons. The van der Waals surface area contributed by atoms with Crippen molar-refractivity contribution in [1.82, 2.24) is 10.2 Å². The average Bonchev–Trinajstić information content (AvgIpc) is 2.70. The zero-order valence-corrected chi connectivity index (χ0v) is 17.1. The van der Waals surface area contributed by atoms with E-state index in [1.54, 1.807) is 24.3 Å². The number of carbonyl (C=O) groups is 2. The lowest BCUT2D eigenvalue weighted by molar-refractivity contribution is -0.131. The number of anilines is 1. The molecule has 3 rings (SSSR count). The lowest BCUT2D eigenvalue weighted by Crippen LogP contribution is -2.49. The largest absolute Gasteiger partial charge is 0.368 e. The summed E-state index contributed by atoms with van der Waals surface area (Å²) in [6.07, 6.45) is 0.291. The predicted octanol–water partition coefficient (Wildman–Crippen LogP) is 3.43. The second-order valence-corrected chi connectivity index (χ2v) is 7.48. The summed E-state index contributed by atoms with van der Waals surface area (Å²) in [6, 6.07) is 13.2. The fourth-order valence-electron chi connectivity index (χ4n) is 3.46. The van der Waals surface area contributed by atoms with E-state index in [-0.39, 0.29) is 11.8 Å². The predicted molar refractivity (Wildman–Crippen MR) is 113 cm³/mol. The average molecular weight is 400 g/mol. The number of nitrogens with one attached hydrogen (secondary N) is 1. The Hall–Kier alpha value is -2.53. The summed E-state index contributed by atoms with van der Waals surface area (Å²) in [4.78, 5) is 28.8. The SMILES string of the molecule is Cc1cccc(N2CCN(C(=O)CCNC(=O)c3ccccc3Cl)CC2)c1C. The number of rotatable bonds is 5. The van der Waals surface area contributed by atoms with Crippen molar-refractivity contribution in [2.45, 2.75) is 20.3 Å². The van der Waals surface area contributed by atoms with E-state index in [4.69, 9.17) is 11.6 Å². The van der Waals surface area contributed by atoms with Gasteiger partial charge in [0.15, 0.2) is 0 Å². The van der Waals surface area contributed by atoms with Gasteiger partial charge in [-0.25, -0.2) is 0 Å². The smallest absolute Gasteiger partial charge is 0.252 e. The van der Waals surface area contributed by atoms with E-state index >= 15 is 0 Å². The van der Waals surface area contributed by atoms with Crippen LogP contribution in [-0.2, 0) is 4.79 Å². The first-order valence-electron chi connectivity index (χ1n) is 9.59. The number of hydrogen-bond donors (Lipinski definition) is 1. The van der Waals surface area contributed by atoms with Crippen molar-refractivity contribution in [1.29, 1.82) is 0 Å². The van der Waals surface area contributed by atoms with Crippen molar-refractivity contribution in [2.75, 3.05) is 37.6 Å². The van der Waals surface area contributed by atoms with Crippen LogP contribution < -0.4 is 10.2 Å². The highest BCUT2D eigenvalue weighted by Crippen LogP contribution is 2.24. The molecule has 0 atom stereocenters. The van der Waals surface area contributed by atoms with E-state index in [1.165, 1.54) is 16.8 Å². The Balaban J connectivity index is 1.46. The Labute approximate surface area is 171 Å². The third-order valence-electron chi connectivity index (χ3n) is 5.29. The van der Waals surface area contributed by atoms with E-state index in [9.17, 15) is 9.59 Å². The normalized spacial score (nSPS) is 14.1. The van der Waals surface area contributed by atoms with Crippen LogP contribution in [0.2, 0.25) is 5.02 Å². The zero-order valence-electron chi connectivity index (χ0n) is 16.4. The van der Waals surface area contributed by atoms with Crippen LogP contribution in [0.1, 0.15) is 27.9 Å². The quantitative estimate of drug-likeness (QED) is 0.838. The van der Waals surface area contributed by atoms with Crippen molar-refractivity contribution in [2.24, 2.45) is 0 Å². The van der Waals surface area contributed by atoms with Gasteiger partial charge in [0.25, 0.3) is 5.91 Å². The minimum absolute atomic E-state index is 0.0695. The van der Waals surface area contributed by atoms with E-state index in [1.807, 2.05) is 4.90 Å². The fraction of sp³-hybridized carbons (Fsp3) is 0.364. The van der Waals surface area contributed by atoms with Crippen molar-refractivity contribution < 1.29 is 9.59 Å². The van der Waals surface area contributed by atoms with Crippen LogP contribution in [0.5, 0.6) is 0 Å². The Morgan fingerprint density at radius 2 is 1.71 bits per heavy atom. The van der Waals surface area contributed by atoms with E-state index in [0.717, 1.165) is 13.1 Å². The van der Waals surface area contributed by atoms with Crippen molar-refractivity contribution in [3.63, 3.8) is 0 Å². The molecular weight excluding hydrogens is 374 g/mol. The maximum Gasteiger partial charge on any atom is 0.252 e. The molecule has 1 heterocycles. The van der Waals surface area contributed by atoms with Gasteiger partial charge in [0.05, 0.1) is 10.6 Å². The van der Waals surface area contributed by atoms with Gasteiger partial charge >= 0.3 is 0 Å². The van der Waals surface area contributed by atoms with Crippen LogP contribution in [0.3, 0.4) is 0 Å². The first kappa shape index (κ1) is 20.2. The molecule has 0 aromatic heterocycles. The van der Waals surface area contributed by atoms with E-state index in [0.29, 0.717) is 36.6 Å². The second-order valence-electron chi connectivity index (χ2n) is 7.07. The fourth-order valence-corrected chi connectivity index (χ4v) is 3.68. The summed E-state index contributed by atoms with van der Waals surface area (Å²) < 4.78 is 0. The van der Waals surface area contributed by atoms with Gasteiger partial charge in [-0.3, -0.25) is 9.59 Å². The standard InChI is InChI=1S/C22H26ClN3O2/c1-16-6-5-9-20(17(16)2)25-12-14-26(15-13-25)21(27)10-11-24-22(28)18-7-3-4-8-19(18)23/h3-9H,10-15H2,1-2H3,(H,24,28). The molecule has 0 aliphatic carbocycles. The maximum absolute atomic E-state index is 12.5. The van der Waals surface area contributed by atoms with Gasteiger partial charge in [-0.1, -0.05) is 35.9 Å². The lowest BCUT2D eigenvalue weighted by atomic mass is 10.1. The van der Waals surface area contributed by atoms with Gasteiger partial charge in [-0.05, 0) is 43.2 Å². The van der Waals surface area contributed by atoms with Crippen molar-refractivity contribution >= 4 is 29.1 Å². The van der Waals surface area contributed by atoms with Gasteiger partial charge < -0.3 is 15.1 Å². The molecule has 1 aliphatic rings. The molecule has 2 amide bonds. The molecule has 0 unspecified atom stereocenters. The first-order valence-corrected chi connectivity index (χ1v) is 9.97. The number of carbonyl (C=O) groups excluding carboxylic acids is 2. The van der Waals surface area contributed by atoms with Crippen LogP contribution in [0.15, 0.2) is 42.5 Å². The molecule has 5 nitrogen and oxygen atoms in total. The molecule has 0 bridgehead atoms. The third kappa shape index (κ3) is 4.65. The summed E-state index contributed by atoms with van der Waals surface area (Å²) in [5, 5.41) is 3.19. The maximum atomic E-state index is 12.5. The number of nitrogens with zero attached hydrogens (tertiary/aromatic N) is 2. The van der Waals surface area contributed by atoms with Crippen LogP contribution in [0, 0.1) is 13.8 Å². The topological polar surface area (TPSA) is 52.6 Å². The van der Waals surface area contributed by atoms with Gasteiger partial charge in [-0.2, -0.15) is 0 Å². The molecule has 0 radical (unpaired) electrons. The number of aryl methyl sites for hydroxylation is 1. The van der Waals surface area contributed by atoms with Crippen LogP contribution >= 0.6 is 11.6 Å². The Kier molecular flexibility index (Phi) is 6.57. The molecule has 1 aliphatic heterocycles. The van der Waals surface area contributed by atoms with Crippen molar-refractivity contribution in [3.05, 3.63) is 64.2 Å². The Bertz CT molecular complexity index is 861. The number of piperazine rings is 1. The second kappa shape index (κ2) is 9.11. The Morgan fingerprint density at radius 1 is 1.00 bits per heavy atom. The molecule has 6 heteroatoms. The highest BCUT2D eigenvalue weighted by molar-refractivity contribution is 6.33. The van der Waals surface area contributed by atoms with Crippen molar-refractivity contribution in [3.8, 4) is 0 Å². The summed E-state index contributed by atoms with van der Waals surface area (Å²) in [5.41, 5.74) is 4.26. The van der Waals surface area contributed by atoms with Gasteiger partial charge in [-0.15, -0.1) is 0 Å². The van der Waals surface area contributed by atoms with Gasteiger partial charge in [0.1, 0.15) is 0 Å². The molecule has 1 saturated heterocycles. The first-order chi connectivity index (χ1) is 13.5. The monoisotopic (exact) mass is 399 g/mol. The lowest BCUT2D eigenvalue weighted by Gasteiger charge is -2.37. The van der Waals surface area contributed by atoms with E-state index < -0.39 is 0 Å². The summed E-state index contributed by atoms with van der Waals surface area (Å²) >= 11 is 6.03. The van der Waals surface area contributed by atoms with Gasteiger partial charge in [0, 0.05) is 44.8 Å². The molecule has 2 aromatic rings. The van der Waals surface area contributed by atoms with Gasteiger partial charge in [0.2, 0.25) is 5.91 Å². The number of benzene rings is 2. The number of amides is 2. The summed E-state index contributed by atoms with van der Waals surface area (Å²) in [6.45, 7) is 7.61. The molecule has 1 fully saturated rings. The molecule has 2 aromatic carbocycles. The van der Waals surface area contributed by atoms with Crippen LogP contribution in [0.4, 0.5) is 5.69 Å². The highest BCUT2D eigenvalue weighted by Gasteiger charge is 2.22. The zero-order chi connectivity index (χ0) is 20.1. The minimum Gasteiger partial charge on any atom is -0.368 e. The van der Waals surface area contributed by atoms with Crippen LogP contribution in [0.25, 0.3) is 0 Å². The molecule has 28 heavy (non-hydrogen) atoms. The molecular formula is C22H26ClN3O2. The number of halogens is 1. The number of hydrogen-bond acceptors (Lipinski definition) is 3. The molecule has 0 saturated carbocycles. The highest BCUT2D eigenvalue weighted by atomic mass is 35.5. The molecule has 1 N–H and O–H groups in total. The minimum atomic E-state index is -0.252. The summed E-state index contributed by atoms with van der Waals surface area (Å²) in [5.74, 6) is -0.182.